The highest BCUT2D eigenvalue weighted by Crippen LogP contribution is 2.39. The molecule has 0 saturated carbocycles. The Balaban J connectivity index is 1.84. The zero-order valence-electron chi connectivity index (χ0n) is 17.7. The Labute approximate surface area is 180 Å². The van der Waals surface area contributed by atoms with Gasteiger partial charge in [0, 0.05) is 17.6 Å². The second-order valence-electron chi connectivity index (χ2n) is 7.32. The maximum atomic E-state index is 12.1. The first-order valence-corrected chi connectivity index (χ1v) is 10.1. The number of nitrogens with zero attached hydrogens (tertiary/aromatic N) is 4. The predicted octanol–water partition coefficient (Wildman–Crippen LogP) is 6.06. The van der Waals surface area contributed by atoms with Crippen molar-refractivity contribution in [3.8, 4) is 0 Å². The first-order chi connectivity index (χ1) is 15.0. The summed E-state index contributed by atoms with van der Waals surface area (Å²) in [5.41, 5.74) is 3.68. The van der Waals surface area contributed by atoms with Gasteiger partial charge in [-0.15, -0.1) is 0 Å². The summed E-state index contributed by atoms with van der Waals surface area (Å²) in [7, 11) is 0. The van der Waals surface area contributed by atoms with E-state index in [4.69, 9.17) is 0 Å². The Morgan fingerprint density at radius 3 is 2.52 bits per heavy atom. The van der Waals surface area contributed by atoms with Gasteiger partial charge < -0.3 is 10.2 Å². The van der Waals surface area contributed by atoms with Gasteiger partial charge in [0.2, 0.25) is 11.6 Å². The van der Waals surface area contributed by atoms with Gasteiger partial charge in [-0.3, -0.25) is 10.1 Å². The fourth-order valence-electron chi connectivity index (χ4n) is 3.66. The Bertz CT molecular complexity index is 1270. The Morgan fingerprint density at radius 2 is 1.77 bits per heavy atom. The van der Waals surface area contributed by atoms with Crippen LogP contribution in [0.3, 0.4) is 0 Å². The number of nitro groups is 1. The number of aromatic nitrogens is 2. The second-order valence-corrected chi connectivity index (χ2v) is 7.32. The number of rotatable bonds is 6. The van der Waals surface area contributed by atoms with E-state index in [1.807, 2.05) is 86.3 Å². The van der Waals surface area contributed by atoms with E-state index in [1.165, 1.54) is 6.33 Å². The molecule has 0 aliphatic heterocycles. The van der Waals surface area contributed by atoms with Crippen LogP contribution >= 0.6 is 0 Å². The van der Waals surface area contributed by atoms with Crippen molar-refractivity contribution in [1.29, 1.82) is 0 Å². The lowest BCUT2D eigenvalue weighted by atomic mass is 10.1. The molecule has 0 atom stereocenters. The average Bonchev–Trinajstić information content (AvgIpc) is 2.77. The van der Waals surface area contributed by atoms with Crippen LogP contribution in [0.2, 0.25) is 0 Å². The van der Waals surface area contributed by atoms with E-state index >= 15 is 0 Å². The molecule has 4 rings (SSSR count). The molecule has 31 heavy (non-hydrogen) atoms. The van der Waals surface area contributed by atoms with Gasteiger partial charge in [0.15, 0.2) is 0 Å². The number of hydrogen-bond acceptors (Lipinski definition) is 6. The summed E-state index contributed by atoms with van der Waals surface area (Å²) < 4.78 is 0. The molecule has 0 fully saturated rings. The highest BCUT2D eigenvalue weighted by atomic mass is 16.6. The zero-order chi connectivity index (χ0) is 22.0. The molecule has 0 spiro atoms. The van der Waals surface area contributed by atoms with Gasteiger partial charge >= 0.3 is 5.69 Å². The van der Waals surface area contributed by atoms with Gasteiger partial charge in [0.05, 0.1) is 10.6 Å². The van der Waals surface area contributed by atoms with Crippen LogP contribution < -0.4 is 10.2 Å². The van der Waals surface area contributed by atoms with Crippen LogP contribution in [0.4, 0.5) is 28.7 Å². The summed E-state index contributed by atoms with van der Waals surface area (Å²) in [6.45, 7) is 6.48. The molecule has 0 aliphatic rings. The Morgan fingerprint density at radius 1 is 1.00 bits per heavy atom. The van der Waals surface area contributed by atoms with Crippen molar-refractivity contribution < 1.29 is 4.92 Å². The maximum Gasteiger partial charge on any atom is 0.354 e. The second kappa shape index (κ2) is 8.39. The minimum Gasteiger partial charge on any atom is -0.334 e. The van der Waals surface area contributed by atoms with E-state index < -0.39 is 4.92 Å². The number of nitrogens with one attached hydrogen (secondary N) is 1. The molecule has 0 aliphatic carbocycles. The third-order valence-corrected chi connectivity index (χ3v) is 5.38. The molecule has 156 valence electrons. The highest BCUT2D eigenvalue weighted by Gasteiger charge is 2.28. The number of fused-ring (bicyclic) bond motifs is 1. The monoisotopic (exact) mass is 413 g/mol. The summed E-state index contributed by atoms with van der Waals surface area (Å²) in [6, 6.07) is 19.7. The smallest absolute Gasteiger partial charge is 0.334 e. The molecule has 0 bridgehead atoms. The molecule has 0 radical (unpaired) electrons. The van der Waals surface area contributed by atoms with Crippen LogP contribution in [0.15, 0.2) is 67.0 Å². The quantitative estimate of drug-likeness (QED) is 0.306. The molecule has 7 heteroatoms. The van der Waals surface area contributed by atoms with E-state index in [9.17, 15) is 10.1 Å². The van der Waals surface area contributed by atoms with Crippen LogP contribution in [0.1, 0.15) is 18.1 Å². The third kappa shape index (κ3) is 3.90. The van der Waals surface area contributed by atoms with Crippen LogP contribution in [0.5, 0.6) is 0 Å². The van der Waals surface area contributed by atoms with Crippen molar-refractivity contribution in [2.24, 2.45) is 0 Å². The lowest BCUT2D eigenvalue weighted by molar-refractivity contribution is -0.383. The van der Waals surface area contributed by atoms with E-state index in [1.54, 1.807) is 0 Å². The third-order valence-electron chi connectivity index (χ3n) is 5.38. The van der Waals surface area contributed by atoms with Crippen LogP contribution in [-0.2, 0) is 0 Å². The van der Waals surface area contributed by atoms with Crippen LogP contribution in [0.25, 0.3) is 10.8 Å². The summed E-state index contributed by atoms with van der Waals surface area (Å²) in [5, 5.41) is 17.3. The first-order valence-electron chi connectivity index (χ1n) is 10.1. The minimum atomic E-state index is -0.424. The van der Waals surface area contributed by atoms with Crippen molar-refractivity contribution in [1.82, 2.24) is 9.97 Å². The molecule has 7 nitrogen and oxygen atoms in total. The zero-order valence-corrected chi connectivity index (χ0v) is 17.7. The molecule has 0 amide bonds. The van der Waals surface area contributed by atoms with Gasteiger partial charge in [0.1, 0.15) is 6.33 Å². The molecular formula is C24H23N5O2. The fourth-order valence-corrected chi connectivity index (χ4v) is 3.66. The molecule has 0 saturated heterocycles. The van der Waals surface area contributed by atoms with E-state index in [0.717, 1.165) is 33.3 Å². The summed E-state index contributed by atoms with van der Waals surface area (Å²) in [4.78, 5) is 22.1. The standard InChI is InChI=1S/C24H23N5O2/c1-4-28(21-11-7-9-18-8-5-6-10-20(18)21)24-22(29(30)31)23(25-15-26-24)27-19-13-12-16(2)17(3)14-19/h5-15H,4H2,1-3H3,(H,25,26,27). The van der Waals surface area contributed by atoms with E-state index in [2.05, 4.69) is 15.3 Å². The topological polar surface area (TPSA) is 84.2 Å². The van der Waals surface area contributed by atoms with Gasteiger partial charge in [-0.25, -0.2) is 9.97 Å². The van der Waals surface area contributed by atoms with Gasteiger partial charge in [-0.2, -0.15) is 0 Å². The van der Waals surface area contributed by atoms with Gasteiger partial charge in [0.25, 0.3) is 0 Å². The summed E-state index contributed by atoms with van der Waals surface area (Å²) >= 11 is 0. The number of hydrogen-bond donors (Lipinski definition) is 1. The van der Waals surface area contributed by atoms with Crippen molar-refractivity contribution in [3.05, 3.63) is 88.2 Å². The highest BCUT2D eigenvalue weighted by molar-refractivity contribution is 5.97. The molecule has 0 unspecified atom stereocenters. The van der Waals surface area contributed by atoms with Crippen molar-refractivity contribution in [2.75, 3.05) is 16.8 Å². The molecule has 1 heterocycles. The normalized spacial score (nSPS) is 10.8. The Kier molecular flexibility index (Phi) is 5.49. The van der Waals surface area contributed by atoms with Crippen molar-refractivity contribution in [2.45, 2.75) is 20.8 Å². The largest absolute Gasteiger partial charge is 0.354 e. The molecule has 3 aromatic carbocycles. The van der Waals surface area contributed by atoms with Gasteiger partial charge in [-0.05, 0) is 55.5 Å². The molecule has 1 aromatic heterocycles. The summed E-state index contributed by atoms with van der Waals surface area (Å²) in [6.07, 6.45) is 1.36. The number of aryl methyl sites for hydroxylation is 2. The average molecular weight is 413 g/mol. The maximum absolute atomic E-state index is 12.1. The van der Waals surface area contributed by atoms with Gasteiger partial charge in [-0.1, -0.05) is 42.5 Å². The molecular weight excluding hydrogens is 390 g/mol. The molecule has 4 aromatic rings. The summed E-state index contributed by atoms with van der Waals surface area (Å²) in [5.74, 6) is 0.419. The fraction of sp³-hybridized carbons (Fsp3) is 0.167. The minimum absolute atomic E-state index is 0.157. The number of benzene rings is 3. The van der Waals surface area contributed by atoms with Crippen molar-refractivity contribution >= 4 is 39.5 Å². The van der Waals surface area contributed by atoms with Crippen molar-refractivity contribution in [3.63, 3.8) is 0 Å². The lowest BCUT2D eigenvalue weighted by Crippen LogP contribution is -2.20. The predicted molar refractivity (Wildman–Crippen MR) is 125 cm³/mol. The van der Waals surface area contributed by atoms with E-state index in [0.29, 0.717) is 6.54 Å². The van der Waals surface area contributed by atoms with E-state index in [-0.39, 0.29) is 17.3 Å². The van der Waals surface area contributed by atoms with Crippen LogP contribution in [0, 0.1) is 24.0 Å². The first kappa shape index (κ1) is 20.3. The van der Waals surface area contributed by atoms with Crippen LogP contribution in [-0.4, -0.2) is 21.4 Å². The SMILES string of the molecule is CCN(c1ncnc(Nc2ccc(C)c(C)c2)c1[N+](=O)[O-])c1cccc2ccccc12. The Hall–Kier alpha value is -4.00. The molecule has 1 N–H and O–H groups in total. The lowest BCUT2D eigenvalue weighted by Gasteiger charge is -2.24. The number of anilines is 4.